The second-order valence-corrected chi connectivity index (χ2v) is 7.91. The van der Waals surface area contributed by atoms with Gasteiger partial charge in [0.25, 0.3) is 10.9 Å². The molecule has 4 N–H and O–H groups in total. The maximum Gasteiger partial charge on any atom is 0.255 e. The van der Waals surface area contributed by atoms with Crippen molar-refractivity contribution in [3.8, 4) is 0 Å². The zero-order valence-corrected chi connectivity index (χ0v) is 17.6. The van der Waals surface area contributed by atoms with E-state index in [1.165, 1.54) is 7.05 Å². The SMILES string of the molecule is CC[C@H](C)[C@H](Nc1c(N(C)O)c(=O)c1=O)C(=O)N[C@H](C(=O)NC)C1CCCCC1. The molecule has 2 rings (SSSR count). The fraction of sp³-hybridized carbons (Fsp3) is 0.700. The van der Waals surface area contributed by atoms with E-state index in [1.54, 1.807) is 7.05 Å². The Morgan fingerprint density at radius 2 is 1.76 bits per heavy atom. The lowest BCUT2D eigenvalue weighted by atomic mass is 9.83. The number of hydrogen-bond acceptors (Lipinski definition) is 7. The molecule has 3 atom stereocenters. The third-order valence-electron chi connectivity index (χ3n) is 5.95. The van der Waals surface area contributed by atoms with Crippen LogP contribution >= 0.6 is 0 Å². The van der Waals surface area contributed by atoms with Crippen LogP contribution in [0.2, 0.25) is 0 Å². The number of nitrogens with zero attached hydrogens (tertiary/aromatic N) is 1. The molecule has 1 aromatic carbocycles. The van der Waals surface area contributed by atoms with Crippen LogP contribution in [0.1, 0.15) is 52.4 Å². The molecule has 0 saturated heterocycles. The van der Waals surface area contributed by atoms with Gasteiger partial charge in [-0.2, -0.15) is 0 Å². The maximum atomic E-state index is 13.1. The molecule has 1 aromatic rings. The van der Waals surface area contributed by atoms with Crippen molar-refractivity contribution >= 4 is 23.2 Å². The van der Waals surface area contributed by atoms with Crippen LogP contribution in [0.4, 0.5) is 11.4 Å². The van der Waals surface area contributed by atoms with Gasteiger partial charge in [-0.3, -0.25) is 29.4 Å². The van der Waals surface area contributed by atoms with Gasteiger partial charge >= 0.3 is 0 Å². The van der Waals surface area contributed by atoms with Gasteiger partial charge in [-0.25, -0.2) is 0 Å². The van der Waals surface area contributed by atoms with Crippen molar-refractivity contribution in [2.75, 3.05) is 24.5 Å². The van der Waals surface area contributed by atoms with Gasteiger partial charge < -0.3 is 16.0 Å². The highest BCUT2D eigenvalue weighted by atomic mass is 16.5. The zero-order valence-electron chi connectivity index (χ0n) is 17.6. The summed E-state index contributed by atoms with van der Waals surface area (Å²) < 4.78 is 0. The monoisotopic (exact) mass is 408 g/mol. The summed E-state index contributed by atoms with van der Waals surface area (Å²) in [7, 11) is 2.78. The highest BCUT2D eigenvalue weighted by Crippen LogP contribution is 2.27. The van der Waals surface area contributed by atoms with Crippen molar-refractivity contribution in [1.29, 1.82) is 0 Å². The summed E-state index contributed by atoms with van der Waals surface area (Å²) in [5, 5.41) is 18.5. The molecule has 0 spiro atoms. The van der Waals surface area contributed by atoms with Crippen molar-refractivity contribution in [3.63, 3.8) is 0 Å². The van der Waals surface area contributed by atoms with Crippen molar-refractivity contribution < 1.29 is 14.8 Å². The Bertz CT molecular complexity index is 793. The van der Waals surface area contributed by atoms with E-state index >= 15 is 0 Å². The predicted octanol–water partition coefficient (Wildman–Crippen LogP) is 0.746. The molecular formula is C20H32N4O5. The van der Waals surface area contributed by atoms with Gasteiger partial charge in [0.1, 0.15) is 23.5 Å². The van der Waals surface area contributed by atoms with Crippen LogP contribution < -0.4 is 31.9 Å². The number of carbonyl (C=O) groups excluding carboxylic acids is 2. The van der Waals surface area contributed by atoms with E-state index < -0.39 is 28.8 Å². The van der Waals surface area contributed by atoms with Crippen LogP contribution in [0.15, 0.2) is 9.59 Å². The summed E-state index contributed by atoms with van der Waals surface area (Å²) in [6.45, 7) is 3.76. The Kier molecular flexibility index (Phi) is 7.78. The maximum absolute atomic E-state index is 13.1. The van der Waals surface area contributed by atoms with Gasteiger partial charge in [-0.1, -0.05) is 39.5 Å². The molecule has 0 heterocycles. The van der Waals surface area contributed by atoms with Crippen molar-refractivity contribution in [2.24, 2.45) is 11.8 Å². The molecule has 1 fully saturated rings. The van der Waals surface area contributed by atoms with Gasteiger partial charge in [0.05, 0.1) is 0 Å². The minimum absolute atomic E-state index is 0.0653. The lowest BCUT2D eigenvalue weighted by molar-refractivity contribution is -0.131. The average molecular weight is 408 g/mol. The van der Waals surface area contributed by atoms with Gasteiger partial charge in [-0.05, 0) is 24.7 Å². The lowest BCUT2D eigenvalue weighted by Gasteiger charge is -2.32. The van der Waals surface area contributed by atoms with Crippen LogP contribution in [0.5, 0.6) is 0 Å². The second-order valence-electron chi connectivity index (χ2n) is 7.91. The number of hydrogen-bond donors (Lipinski definition) is 4. The summed E-state index contributed by atoms with van der Waals surface area (Å²) in [4.78, 5) is 49.2. The Morgan fingerprint density at radius 1 is 1.14 bits per heavy atom. The van der Waals surface area contributed by atoms with Gasteiger partial charge in [0.2, 0.25) is 11.8 Å². The van der Waals surface area contributed by atoms with Crippen molar-refractivity contribution in [2.45, 2.75) is 64.5 Å². The Labute approximate surface area is 170 Å². The minimum atomic E-state index is -0.822. The first-order valence-electron chi connectivity index (χ1n) is 10.3. The average Bonchev–Trinajstić information content (AvgIpc) is 2.73. The van der Waals surface area contributed by atoms with Crippen LogP contribution in [-0.2, 0) is 9.59 Å². The number of likely N-dealkylation sites (N-methyl/N-ethyl adjacent to an activating group) is 1. The van der Waals surface area contributed by atoms with Gasteiger partial charge in [-0.15, -0.1) is 0 Å². The van der Waals surface area contributed by atoms with Gasteiger partial charge in [0, 0.05) is 14.1 Å². The normalized spacial score (nSPS) is 18.0. The topological polar surface area (TPSA) is 128 Å². The molecule has 29 heavy (non-hydrogen) atoms. The zero-order chi connectivity index (χ0) is 21.7. The third-order valence-corrected chi connectivity index (χ3v) is 5.95. The number of nitrogens with one attached hydrogen (secondary N) is 3. The summed E-state index contributed by atoms with van der Waals surface area (Å²) in [5.41, 5.74) is -1.80. The largest absolute Gasteiger partial charge is 0.368 e. The molecule has 1 aliphatic carbocycles. The molecule has 0 aromatic heterocycles. The fourth-order valence-electron chi connectivity index (χ4n) is 3.94. The highest BCUT2D eigenvalue weighted by Gasteiger charge is 2.35. The first-order valence-corrected chi connectivity index (χ1v) is 10.3. The number of anilines is 2. The van der Waals surface area contributed by atoms with E-state index in [0.717, 1.165) is 32.1 Å². The van der Waals surface area contributed by atoms with Gasteiger partial charge in [0.15, 0.2) is 0 Å². The Morgan fingerprint density at radius 3 is 2.28 bits per heavy atom. The standard InChI is InChI=1S/C20H32N4O5/c1-5-11(2)13(22-15-16(24(4)29)18(26)17(15)25)20(28)23-14(19(27)21-3)12-9-7-6-8-10-12/h11-14,22,29H,5-10H2,1-4H3,(H,21,27)(H,23,28)/t11-,13-,14-/m0/s1. The number of amides is 2. The molecular weight excluding hydrogens is 376 g/mol. The first-order chi connectivity index (χ1) is 13.7. The third kappa shape index (κ3) is 4.95. The van der Waals surface area contributed by atoms with E-state index in [1.807, 2.05) is 13.8 Å². The Balaban J connectivity index is 2.23. The number of hydroxylamine groups is 1. The molecule has 0 radical (unpaired) electrons. The van der Waals surface area contributed by atoms with E-state index in [4.69, 9.17) is 0 Å². The molecule has 9 heteroatoms. The Hall–Kier alpha value is -2.42. The second kappa shape index (κ2) is 9.87. The van der Waals surface area contributed by atoms with Crippen LogP contribution in [0.3, 0.4) is 0 Å². The molecule has 0 bridgehead atoms. The first kappa shape index (κ1) is 22.9. The quantitative estimate of drug-likeness (QED) is 0.351. The smallest absolute Gasteiger partial charge is 0.255 e. The summed E-state index contributed by atoms with van der Waals surface area (Å²) in [6.07, 6.45) is 5.56. The van der Waals surface area contributed by atoms with E-state index in [2.05, 4.69) is 16.0 Å². The molecule has 2 amide bonds. The van der Waals surface area contributed by atoms with E-state index in [9.17, 15) is 24.4 Å². The lowest BCUT2D eigenvalue weighted by Crippen LogP contribution is -2.56. The molecule has 162 valence electrons. The molecule has 9 nitrogen and oxygen atoms in total. The van der Waals surface area contributed by atoms with E-state index in [0.29, 0.717) is 11.5 Å². The fourth-order valence-corrected chi connectivity index (χ4v) is 3.94. The molecule has 1 saturated carbocycles. The summed E-state index contributed by atoms with van der Waals surface area (Å²) in [6, 6.07) is -1.47. The predicted molar refractivity (Wildman–Crippen MR) is 111 cm³/mol. The number of rotatable bonds is 9. The van der Waals surface area contributed by atoms with Crippen LogP contribution in [0, 0.1) is 11.8 Å². The van der Waals surface area contributed by atoms with Crippen molar-refractivity contribution in [3.05, 3.63) is 20.4 Å². The molecule has 1 aliphatic rings. The summed E-state index contributed by atoms with van der Waals surface area (Å²) >= 11 is 0. The highest BCUT2D eigenvalue weighted by molar-refractivity contribution is 5.92. The van der Waals surface area contributed by atoms with Crippen LogP contribution in [0.25, 0.3) is 0 Å². The molecule has 0 unspecified atom stereocenters. The van der Waals surface area contributed by atoms with Crippen LogP contribution in [-0.4, -0.2) is 43.2 Å². The minimum Gasteiger partial charge on any atom is -0.368 e. The van der Waals surface area contributed by atoms with E-state index in [-0.39, 0.29) is 29.1 Å². The van der Waals surface area contributed by atoms with Crippen molar-refractivity contribution in [1.82, 2.24) is 10.6 Å². The number of carbonyl (C=O) groups is 2. The molecule has 0 aliphatic heterocycles. The summed E-state index contributed by atoms with van der Waals surface area (Å²) in [5.74, 6) is -0.750.